The molecule has 1 fully saturated rings. The van der Waals surface area contributed by atoms with Gasteiger partial charge in [-0.3, -0.25) is 14.7 Å². The van der Waals surface area contributed by atoms with Crippen LogP contribution in [0.2, 0.25) is 0 Å². The Labute approximate surface area is 134 Å². The van der Waals surface area contributed by atoms with E-state index in [4.69, 9.17) is 0 Å². The smallest absolute Gasteiger partial charge is 0.238 e. The fourth-order valence-corrected chi connectivity index (χ4v) is 2.76. The summed E-state index contributed by atoms with van der Waals surface area (Å²) in [5.41, 5.74) is 1.69. The minimum atomic E-state index is -0.318. The molecule has 1 saturated heterocycles. The molecule has 3 rings (SSSR count). The van der Waals surface area contributed by atoms with Crippen LogP contribution >= 0.6 is 0 Å². The van der Waals surface area contributed by atoms with Crippen LogP contribution in [0.15, 0.2) is 48.8 Å². The Bertz CT molecular complexity index is 647. The Morgan fingerprint density at radius 3 is 2.91 bits per heavy atom. The molecular weight excluding hydrogens is 295 g/mol. The summed E-state index contributed by atoms with van der Waals surface area (Å²) in [7, 11) is 0. The molecule has 6 heteroatoms. The minimum absolute atomic E-state index is 0.104. The van der Waals surface area contributed by atoms with Crippen molar-refractivity contribution in [1.29, 1.82) is 0 Å². The Balaban J connectivity index is 1.64. The van der Waals surface area contributed by atoms with Gasteiger partial charge in [0.25, 0.3) is 0 Å². The van der Waals surface area contributed by atoms with Gasteiger partial charge in [0.15, 0.2) is 0 Å². The first-order valence-electron chi connectivity index (χ1n) is 7.62. The van der Waals surface area contributed by atoms with Crippen molar-refractivity contribution < 1.29 is 9.18 Å². The average Bonchev–Trinajstić information content (AvgIpc) is 2.58. The summed E-state index contributed by atoms with van der Waals surface area (Å²) in [5, 5.41) is 6.15. The quantitative estimate of drug-likeness (QED) is 0.904. The van der Waals surface area contributed by atoms with E-state index in [1.54, 1.807) is 18.3 Å². The van der Waals surface area contributed by atoms with Gasteiger partial charge in [0.05, 0.1) is 6.54 Å². The lowest BCUT2D eigenvalue weighted by Gasteiger charge is -2.35. The number of anilines is 1. The summed E-state index contributed by atoms with van der Waals surface area (Å²) < 4.78 is 12.9. The summed E-state index contributed by atoms with van der Waals surface area (Å²) >= 11 is 0. The molecule has 5 nitrogen and oxygen atoms in total. The number of piperazine rings is 1. The van der Waals surface area contributed by atoms with Gasteiger partial charge in [-0.15, -0.1) is 0 Å². The standard InChI is InChI=1S/C17H19FN4O/c18-14-3-5-15(6-4-14)21-17(23)12-22-9-8-20-11-16(22)13-2-1-7-19-10-13/h1-7,10,16,20H,8-9,11-12H2,(H,21,23). The number of halogens is 1. The Kier molecular flexibility index (Phi) is 4.95. The summed E-state index contributed by atoms with van der Waals surface area (Å²) in [5.74, 6) is -0.422. The molecule has 1 unspecified atom stereocenters. The maximum Gasteiger partial charge on any atom is 0.238 e. The molecule has 1 aliphatic rings. The van der Waals surface area contributed by atoms with Gasteiger partial charge in [0.2, 0.25) is 5.91 Å². The largest absolute Gasteiger partial charge is 0.325 e. The predicted molar refractivity (Wildman–Crippen MR) is 86.5 cm³/mol. The number of hydrogen-bond donors (Lipinski definition) is 2. The number of benzene rings is 1. The van der Waals surface area contributed by atoms with Crippen LogP contribution in [-0.4, -0.2) is 42.0 Å². The van der Waals surface area contributed by atoms with Crippen LogP contribution in [0.4, 0.5) is 10.1 Å². The minimum Gasteiger partial charge on any atom is -0.325 e. The van der Waals surface area contributed by atoms with E-state index in [2.05, 4.69) is 20.5 Å². The first-order chi connectivity index (χ1) is 11.2. The molecular formula is C17H19FN4O. The highest BCUT2D eigenvalue weighted by atomic mass is 19.1. The zero-order chi connectivity index (χ0) is 16.1. The van der Waals surface area contributed by atoms with Crippen LogP contribution in [0.3, 0.4) is 0 Å². The van der Waals surface area contributed by atoms with Gasteiger partial charge in [-0.1, -0.05) is 6.07 Å². The van der Waals surface area contributed by atoms with Crippen molar-refractivity contribution in [3.05, 3.63) is 60.2 Å². The molecule has 1 amide bonds. The molecule has 0 bridgehead atoms. The number of amides is 1. The fourth-order valence-electron chi connectivity index (χ4n) is 2.76. The van der Waals surface area contributed by atoms with E-state index in [1.165, 1.54) is 12.1 Å². The molecule has 120 valence electrons. The summed E-state index contributed by atoms with van der Waals surface area (Å²) in [4.78, 5) is 18.6. The van der Waals surface area contributed by atoms with Crippen LogP contribution in [0.1, 0.15) is 11.6 Å². The monoisotopic (exact) mass is 314 g/mol. The average molecular weight is 314 g/mol. The number of hydrogen-bond acceptors (Lipinski definition) is 4. The molecule has 1 atom stereocenters. The van der Waals surface area contributed by atoms with Crippen molar-refractivity contribution in [3.8, 4) is 0 Å². The van der Waals surface area contributed by atoms with E-state index in [0.717, 1.165) is 25.2 Å². The maximum absolute atomic E-state index is 12.9. The van der Waals surface area contributed by atoms with Gasteiger partial charge >= 0.3 is 0 Å². The number of aromatic nitrogens is 1. The van der Waals surface area contributed by atoms with Gasteiger partial charge in [0.1, 0.15) is 5.82 Å². The van der Waals surface area contributed by atoms with E-state index in [-0.39, 0.29) is 17.8 Å². The third-order valence-corrected chi connectivity index (χ3v) is 3.90. The van der Waals surface area contributed by atoms with Crippen molar-refractivity contribution in [2.24, 2.45) is 0 Å². The number of nitrogens with one attached hydrogen (secondary N) is 2. The lowest BCUT2D eigenvalue weighted by atomic mass is 10.1. The Morgan fingerprint density at radius 1 is 1.35 bits per heavy atom. The number of pyridine rings is 1. The highest BCUT2D eigenvalue weighted by Gasteiger charge is 2.25. The van der Waals surface area contributed by atoms with Gasteiger partial charge in [-0.2, -0.15) is 0 Å². The molecule has 0 saturated carbocycles. The Morgan fingerprint density at radius 2 is 2.17 bits per heavy atom. The van der Waals surface area contributed by atoms with Crippen LogP contribution in [0.25, 0.3) is 0 Å². The van der Waals surface area contributed by atoms with Crippen molar-refractivity contribution >= 4 is 11.6 Å². The number of nitrogens with zero attached hydrogens (tertiary/aromatic N) is 2. The topological polar surface area (TPSA) is 57.3 Å². The number of carbonyl (C=O) groups is 1. The fraction of sp³-hybridized carbons (Fsp3) is 0.294. The van der Waals surface area contributed by atoms with Crippen LogP contribution in [0, 0.1) is 5.82 Å². The first kappa shape index (κ1) is 15.6. The van der Waals surface area contributed by atoms with Crippen LogP contribution in [-0.2, 0) is 4.79 Å². The molecule has 2 N–H and O–H groups in total. The zero-order valence-corrected chi connectivity index (χ0v) is 12.7. The molecule has 0 radical (unpaired) electrons. The van der Waals surface area contributed by atoms with Gasteiger partial charge < -0.3 is 10.6 Å². The summed E-state index contributed by atoms with van der Waals surface area (Å²) in [6, 6.07) is 9.83. The molecule has 1 aromatic heterocycles. The third kappa shape index (κ3) is 4.12. The van der Waals surface area contributed by atoms with Crippen molar-refractivity contribution in [2.75, 3.05) is 31.5 Å². The Hall–Kier alpha value is -2.31. The second-order valence-electron chi connectivity index (χ2n) is 5.53. The third-order valence-electron chi connectivity index (χ3n) is 3.90. The van der Waals surface area contributed by atoms with Crippen molar-refractivity contribution in [2.45, 2.75) is 6.04 Å². The molecule has 23 heavy (non-hydrogen) atoms. The van der Waals surface area contributed by atoms with E-state index in [1.807, 2.05) is 18.3 Å². The van der Waals surface area contributed by atoms with E-state index in [0.29, 0.717) is 12.2 Å². The molecule has 1 aromatic carbocycles. The van der Waals surface area contributed by atoms with Crippen LogP contribution < -0.4 is 10.6 Å². The van der Waals surface area contributed by atoms with Crippen molar-refractivity contribution in [3.63, 3.8) is 0 Å². The summed E-state index contributed by atoms with van der Waals surface area (Å²) in [6.07, 6.45) is 3.58. The molecule has 2 aromatic rings. The number of rotatable bonds is 4. The predicted octanol–water partition coefficient (Wildman–Crippen LogP) is 1.81. The van der Waals surface area contributed by atoms with E-state index in [9.17, 15) is 9.18 Å². The molecule has 0 spiro atoms. The molecule has 1 aliphatic heterocycles. The maximum atomic E-state index is 12.9. The highest BCUT2D eigenvalue weighted by Crippen LogP contribution is 2.21. The molecule has 2 heterocycles. The summed E-state index contributed by atoms with van der Waals surface area (Å²) in [6.45, 7) is 2.71. The number of carbonyl (C=O) groups excluding carboxylic acids is 1. The lowest BCUT2D eigenvalue weighted by molar-refractivity contribution is -0.118. The van der Waals surface area contributed by atoms with Gasteiger partial charge in [-0.05, 0) is 35.9 Å². The lowest BCUT2D eigenvalue weighted by Crippen LogP contribution is -2.48. The van der Waals surface area contributed by atoms with E-state index < -0.39 is 0 Å². The van der Waals surface area contributed by atoms with Gasteiger partial charge in [-0.25, -0.2) is 4.39 Å². The zero-order valence-electron chi connectivity index (χ0n) is 12.7. The van der Waals surface area contributed by atoms with Crippen molar-refractivity contribution in [1.82, 2.24) is 15.2 Å². The second-order valence-corrected chi connectivity index (χ2v) is 5.53. The second kappa shape index (κ2) is 7.30. The molecule has 0 aliphatic carbocycles. The highest BCUT2D eigenvalue weighted by molar-refractivity contribution is 5.92. The first-order valence-corrected chi connectivity index (χ1v) is 7.62. The van der Waals surface area contributed by atoms with E-state index >= 15 is 0 Å². The SMILES string of the molecule is O=C(CN1CCNCC1c1cccnc1)Nc1ccc(F)cc1. The van der Waals surface area contributed by atoms with Crippen LogP contribution in [0.5, 0.6) is 0 Å². The normalized spacial score (nSPS) is 18.6. The van der Waals surface area contributed by atoms with Gasteiger partial charge in [0, 0.05) is 43.8 Å².